The van der Waals surface area contributed by atoms with E-state index in [9.17, 15) is 14.4 Å². The van der Waals surface area contributed by atoms with Gasteiger partial charge in [0.25, 0.3) is 11.8 Å². The van der Waals surface area contributed by atoms with Gasteiger partial charge in [0.05, 0.1) is 5.69 Å². The zero-order chi connectivity index (χ0) is 29.8. The minimum absolute atomic E-state index is 0.0878. The van der Waals surface area contributed by atoms with Crippen LogP contribution in [0.2, 0.25) is 0 Å². The summed E-state index contributed by atoms with van der Waals surface area (Å²) in [5.74, 6) is -0.441. The van der Waals surface area contributed by atoms with Gasteiger partial charge in [-0.15, -0.1) is 0 Å². The standard InChI is InChI=1S/C33H26N6O4/c1-21-9-14-26(18-28(21)38-32-35-17-15-27(37-32)25-8-5-16-34-19-25)36-30(40)23-10-12-24(13-11-23)31(41)39-29(20-43-33(39)42)22-6-3-2-4-7-22/h2-19,29H,20H2,1H3,(H,36,40)(H,35,37,38)/t29-/m0/s1. The molecule has 1 atom stereocenters. The number of imide groups is 1. The largest absolute Gasteiger partial charge is 0.446 e. The number of amides is 3. The fraction of sp³-hybridized carbons (Fsp3) is 0.0909. The van der Waals surface area contributed by atoms with Crippen LogP contribution in [0.5, 0.6) is 0 Å². The predicted molar refractivity (Wildman–Crippen MR) is 161 cm³/mol. The number of anilines is 3. The van der Waals surface area contributed by atoms with Crippen LogP contribution >= 0.6 is 0 Å². The maximum Gasteiger partial charge on any atom is 0.417 e. The number of aromatic nitrogens is 3. The second-order valence-electron chi connectivity index (χ2n) is 9.87. The summed E-state index contributed by atoms with van der Waals surface area (Å²) in [7, 11) is 0. The number of carbonyl (C=O) groups excluding carboxylic acids is 3. The molecule has 2 N–H and O–H groups in total. The minimum Gasteiger partial charge on any atom is -0.446 e. The van der Waals surface area contributed by atoms with E-state index in [0.717, 1.165) is 33.0 Å². The number of nitrogens with one attached hydrogen (secondary N) is 2. The summed E-state index contributed by atoms with van der Waals surface area (Å²) in [6.07, 6.45) is 4.41. The van der Waals surface area contributed by atoms with Crippen molar-refractivity contribution in [2.75, 3.05) is 17.2 Å². The lowest BCUT2D eigenvalue weighted by Gasteiger charge is -2.20. The van der Waals surface area contributed by atoms with E-state index in [-0.39, 0.29) is 18.1 Å². The lowest BCUT2D eigenvalue weighted by atomic mass is 10.1. The Hall–Kier alpha value is -5.90. The van der Waals surface area contributed by atoms with E-state index in [1.165, 1.54) is 12.1 Å². The number of ether oxygens (including phenoxy) is 1. The summed E-state index contributed by atoms with van der Waals surface area (Å²) in [5.41, 5.74) is 5.25. The monoisotopic (exact) mass is 570 g/mol. The molecule has 1 aliphatic heterocycles. The topological polar surface area (TPSA) is 126 Å². The molecule has 0 saturated carbocycles. The molecule has 3 heterocycles. The number of hydrogen-bond donors (Lipinski definition) is 2. The van der Waals surface area contributed by atoms with Crippen molar-refractivity contribution < 1.29 is 19.1 Å². The van der Waals surface area contributed by atoms with Crippen LogP contribution in [0.15, 0.2) is 110 Å². The van der Waals surface area contributed by atoms with Crippen LogP contribution in [0, 0.1) is 6.92 Å². The Labute approximate surface area is 247 Å². The molecule has 3 amide bonds. The number of pyridine rings is 1. The number of hydrogen-bond acceptors (Lipinski definition) is 8. The van der Waals surface area contributed by atoms with Crippen molar-refractivity contribution >= 4 is 35.2 Å². The zero-order valence-electron chi connectivity index (χ0n) is 23.1. The van der Waals surface area contributed by atoms with Gasteiger partial charge in [-0.1, -0.05) is 36.4 Å². The van der Waals surface area contributed by atoms with Crippen LogP contribution in [-0.4, -0.2) is 44.4 Å². The highest BCUT2D eigenvalue weighted by Crippen LogP contribution is 2.30. The Morgan fingerprint density at radius 1 is 0.907 bits per heavy atom. The molecule has 10 heteroatoms. The van der Waals surface area contributed by atoms with E-state index in [0.29, 0.717) is 17.2 Å². The first-order valence-corrected chi connectivity index (χ1v) is 13.5. The van der Waals surface area contributed by atoms with Crippen molar-refractivity contribution in [2.24, 2.45) is 0 Å². The lowest BCUT2D eigenvalue weighted by Crippen LogP contribution is -2.34. The molecule has 6 rings (SSSR count). The first-order chi connectivity index (χ1) is 21.0. The van der Waals surface area contributed by atoms with E-state index in [4.69, 9.17) is 4.74 Å². The van der Waals surface area contributed by atoms with Crippen LogP contribution in [0.1, 0.15) is 37.9 Å². The second-order valence-corrected chi connectivity index (χ2v) is 9.87. The van der Waals surface area contributed by atoms with Crippen LogP contribution in [-0.2, 0) is 4.74 Å². The van der Waals surface area contributed by atoms with Gasteiger partial charge in [0.2, 0.25) is 5.95 Å². The van der Waals surface area contributed by atoms with Gasteiger partial charge in [-0.05, 0) is 72.6 Å². The molecular weight excluding hydrogens is 544 g/mol. The van der Waals surface area contributed by atoms with E-state index >= 15 is 0 Å². The van der Waals surface area contributed by atoms with Gasteiger partial charge in [0, 0.05) is 46.7 Å². The molecule has 0 aliphatic carbocycles. The maximum atomic E-state index is 13.2. The number of cyclic esters (lactones) is 1. The molecule has 43 heavy (non-hydrogen) atoms. The third-order valence-corrected chi connectivity index (χ3v) is 7.03. The molecule has 1 saturated heterocycles. The van der Waals surface area contributed by atoms with Crippen LogP contribution in [0.3, 0.4) is 0 Å². The molecule has 212 valence electrons. The van der Waals surface area contributed by atoms with Gasteiger partial charge in [0.15, 0.2) is 0 Å². The molecule has 0 radical (unpaired) electrons. The van der Waals surface area contributed by atoms with Gasteiger partial charge in [-0.2, -0.15) is 0 Å². The van der Waals surface area contributed by atoms with Gasteiger partial charge in [0.1, 0.15) is 12.6 Å². The smallest absolute Gasteiger partial charge is 0.417 e. The van der Waals surface area contributed by atoms with Gasteiger partial charge < -0.3 is 15.4 Å². The Morgan fingerprint density at radius 3 is 2.47 bits per heavy atom. The summed E-state index contributed by atoms with van der Waals surface area (Å²) in [6.45, 7) is 2.03. The van der Waals surface area contributed by atoms with Crippen molar-refractivity contribution in [1.82, 2.24) is 19.9 Å². The average Bonchev–Trinajstić information content (AvgIpc) is 3.44. The molecule has 0 unspecified atom stereocenters. The van der Waals surface area contributed by atoms with E-state index < -0.39 is 18.0 Å². The van der Waals surface area contributed by atoms with Crippen molar-refractivity contribution in [2.45, 2.75) is 13.0 Å². The van der Waals surface area contributed by atoms with Crippen LogP contribution < -0.4 is 10.6 Å². The number of carbonyl (C=O) groups is 3. The van der Waals surface area contributed by atoms with Crippen molar-refractivity contribution in [1.29, 1.82) is 0 Å². The summed E-state index contributed by atoms with van der Waals surface area (Å²) in [5, 5.41) is 6.12. The highest BCUT2D eigenvalue weighted by molar-refractivity contribution is 6.07. The fourth-order valence-corrected chi connectivity index (χ4v) is 4.72. The third-order valence-electron chi connectivity index (χ3n) is 7.03. The molecule has 10 nitrogen and oxygen atoms in total. The van der Waals surface area contributed by atoms with Crippen LogP contribution in [0.4, 0.5) is 22.1 Å². The molecule has 0 bridgehead atoms. The molecule has 1 aliphatic rings. The number of rotatable bonds is 7. The predicted octanol–water partition coefficient (Wildman–Crippen LogP) is 6.18. The van der Waals surface area contributed by atoms with Gasteiger partial charge >= 0.3 is 6.09 Å². The average molecular weight is 571 g/mol. The van der Waals surface area contributed by atoms with Crippen molar-refractivity contribution in [3.63, 3.8) is 0 Å². The fourth-order valence-electron chi connectivity index (χ4n) is 4.72. The quantitative estimate of drug-likeness (QED) is 0.238. The number of aryl methyl sites for hydroxylation is 1. The molecule has 5 aromatic rings. The Bertz CT molecular complexity index is 1800. The summed E-state index contributed by atoms with van der Waals surface area (Å²) < 4.78 is 5.17. The first-order valence-electron chi connectivity index (χ1n) is 13.5. The van der Waals surface area contributed by atoms with E-state index in [2.05, 4.69) is 25.6 Å². The SMILES string of the molecule is Cc1ccc(NC(=O)c2ccc(C(=O)N3C(=O)OC[C@H]3c3ccccc3)cc2)cc1Nc1nccc(-c2cccnc2)n1. The first kappa shape index (κ1) is 27.3. The number of nitrogens with zero attached hydrogens (tertiary/aromatic N) is 4. The highest BCUT2D eigenvalue weighted by atomic mass is 16.6. The van der Waals surface area contributed by atoms with E-state index in [1.807, 2.05) is 61.5 Å². The maximum absolute atomic E-state index is 13.2. The molecule has 3 aromatic carbocycles. The number of benzene rings is 3. The second kappa shape index (κ2) is 11.9. The molecular formula is C33H26N6O4. The molecule has 0 spiro atoms. The molecule has 2 aromatic heterocycles. The van der Waals surface area contributed by atoms with E-state index in [1.54, 1.807) is 42.9 Å². The van der Waals surface area contributed by atoms with Crippen molar-refractivity contribution in [3.05, 3.63) is 132 Å². The van der Waals surface area contributed by atoms with Gasteiger partial charge in [-0.25, -0.2) is 19.7 Å². The highest BCUT2D eigenvalue weighted by Gasteiger charge is 2.39. The minimum atomic E-state index is -0.696. The Balaban J connectivity index is 1.14. The summed E-state index contributed by atoms with van der Waals surface area (Å²) in [6, 6.07) is 25.9. The lowest BCUT2D eigenvalue weighted by molar-refractivity contribution is 0.0773. The third kappa shape index (κ3) is 5.94. The summed E-state index contributed by atoms with van der Waals surface area (Å²) in [4.78, 5) is 52.9. The van der Waals surface area contributed by atoms with Crippen LogP contribution in [0.25, 0.3) is 11.3 Å². The normalized spacial score (nSPS) is 14.2. The molecule has 1 fully saturated rings. The Kier molecular flexibility index (Phi) is 7.56. The zero-order valence-corrected chi connectivity index (χ0v) is 23.1. The Morgan fingerprint density at radius 2 is 1.70 bits per heavy atom. The van der Waals surface area contributed by atoms with Gasteiger partial charge in [-0.3, -0.25) is 14.6 Å². The summed E-state index contributed by atoms with van der Waals surface area (Å²) >= 11 is 0. The van der Waals surface area contributed by atoms with Crippen molar-refractivity contribution in [3.8, 4) is 11.3 Å².